The average Bonchev–Trinajstić information content (AvgIpc) is 3.34. The van der Waals surface area contributed by atoms with Crippen molar-refractivity contribution in [1.82, 2.24) is 24.4 Å². The van der Waals surface area contributed by atoms with Gasteiger partial charge in [-0.25, -0.2) is 9.97 Å². The molecule has 1 aliphatic rings. The van der Waals surface area contributed by atoms with Gasteiger partial charge in [-0.2, -0.15) is 0 Å². The van der Waals surface area contributed by atoms with Gasteiger partial charge in [0.2, 0.25) is 0 Å². The zero-order valence-corrected chi connectivity index (χ0v) is 15.2. The van der Waals surface area contributed by atoms with Gasteiger partial charge in [-0.05, 0) is 45.2 Å². The number of unbranched alkanes of at least 4 members (excludes halogenated alkanes) is 2. The normalized spacial score (nSPS) is 19.7. The second-order valence-corrected chi connectivity index (χ2v) is 7.24. The molecule has 6 nitrogen and oxygen atoms in total. The number of rotatable bonds is 7. The summed E-state index contributed by atoms with van der Waals surface area (Å²) in [7, 11) is 0. The Kier molecular flexibility index (Phi) is 4.91. The molecule has 0 amide bonds. The van der Waals surface area contributed by atoms with Gasteiger partial charge in [0, 0.05) is 30.7 Å². The fourth-order valence-corrected chi connectivity index (χ4v) is 4.11. The Bertz CT molecular complexity index is 887. The molecule has 3 aromatic rings. The van der Waals surface area contributed by atoms with E-state index in [0.29, 0.717) is 12.2 Å². The van der Waals surface area contributed by atoms with Crippen LogP contribution in [-0.2, 0) is 0 Å². The highest BCUT2D eigenvalue weighted by molar-refractivity contribution is 6.01. The van der Waals surface area contributed by atoms with E-state index in [0.717, 1.165) is 61.0 Å². The highest BCUT2D eigenvalue weighted by Gasteiger charge is 2.29. The maximum Gasteiger partial charge on any atom is 0.139 e. The highest BCUT2D eigenvalue weighted by atomic mass is 19.1. The Morgan fingerprint density at radius 1 is 1.38 bits per heavy atom. The van der Waals surface area contributed by atoms with Gasteiger partial charge < -0.3 is 19.6 Å². The number of H-pyrrole nitrogens is 1. The number of aliphatic hydroxyl groups is 1. The van der Waals surface area contributed by atoms with E-state index in [9.17, 15) is 9.50 Å². The Hall–Kier alpha value is -1.99. The molecule has 0 saturated carbocycles. The van der Waals surface area contributed by atoms with E-state index in [1.165, 1.54) is 0 Å². The van der Waals surface area contributed by atoms with Crippen molar-refractivity contribution in [3.63, 3.8) is 0 Å². The van der Waals surface area contributed by atoms with Crippen molar-refractivity contribution in [3.05, 3.63) is 24.3 Å². The van der Waals surface area contributed by atoms with E-state index >= 15 is 0 Å². The number of fused-ring (bicyclic) bond motifs is 3. The SMILES string of the molecule is CC(O)c1nc2cnc3[nH]ccc3c2n1[C@H]1CCN(CCCCCF)C1. The third-order valence-corrected chi connectivity index (χ3v) is 5.36. The second kappa shape index (κ2) is 7.32. The molecule has 0 radical (unpaired) electrons. The van der Waals surface area contributed by atoms with Gasteiger partial charge >= 0.3 is 0 Å². The first-order chi connectivity index (χ1) is 12.7. The summed E-state index contributed by atoms with van der Waals surface area (Å²) in [6.45, 7) is 4.52. The molecule has 0 aromatic carbocycles. The molecular weight excluding hydrogens is 333 g/mol. The van der Waals surface area contributed by atoms with Gasteiger partial charge in [0.25, 0.3) is 0 Å². The molecule has 4 rings (SSSR count). The van der Waals surface area contributed by atoms with E-state index in [2.05, 4.69) is 24.4 Å². The maximum atomic E-state index is 12.3. The van der Waals surface area contributed by atoms with Gasteiger partial charge in [-0.15, -0.1) is 0 Å². The van der Waals surface area contributed by atoms with Crippen LogP contribution in [0.4, 0.5) is 4.39 Å². The molecule has 4 heterocycles. The molecule has 0 spiro atoms. The molecular formula is C19H26FN5O. The smallest absolute Gasteiger partial charge is 0.139 e. The Balaban J connectivity index is 1.65. The van der Waals surface area contributed by atoms with Gasteiger partial charge in [0.15, 0.2) is 0 Å². The Morgan fingerprint density at radius 3 is 3.08 bits per heavy atom. The monoisotopic (exact) mass is 359 g/mol. The Morgan fingerprint density at radius 2 is 2.27 bits per heavy atom. The minimum absolute atomic E-state index is 0.220. The first-order valence-electron chi connectivity index (χ1n) is 9.49. The van der Waals surface area contributed by atoms with E-state index in [4.69, 9.17) is 0 Å². The predicted molar refractivity (Wildman–Crippen MR) is 99.9 cm³/mol. The molecule has 1 fully saturated rings. The van der Waals surface area contributed by atoms with E-state index in [-0.39, 0.29) is 12.7 Å². The van der Waals surface area contributed by atoms with E-state index < -0.39 is 6.10 Å². The molecule has 2 atom stereocenters. The van der Waals surface area contributed by atoms with Gasteiger partial charge in [0.1, 0.15) is 23.1 Å². The number of halogens is 1. The van der Waals surface area contributed by atoms with Crippen molar-refractivity contribution >= 4 is 22.1 Å². The van der Waals surface area contributed by atoms with Crippen LogP contribution in [0, 0.1) is 0 Å². The van der Waals surface area contributed by atoms with Crippen molar-refractivity contribution < 1.29 is 9.50 Å². The summed E-state index contributed by atoms with van der Waals surface area (Å²) in [6, 6.07) is 2.31. The molecule has 3 aromatic heterocycles. The number of hydrogen-bond acceptors (Lipinski definition) is 4. The van der Waals surface area contributed by atoms with Gasteiger partial charge in [-0.3, -0.25) is 4.39 Å². The zero-order chi connectivity index (χ0) is 18.1. The number of imidazole rings is 1. The zero-order valence-electron chi connectivity index (χ0n) is 15.2. The van der Waals surface area contributed by atoms with Crippen LogP contribution in [0.5, 0.6) is 0 Å². The van der Waals surface area contributed by atoms with Crippen molar-refractivity contribution in [2.45, 2.75) is 44.8 Å². The van der Waals surface area contributed by atoms with Gasteiger partial charge in [-0.1, -0.05) is 0 Å². The summed E-state index contributed by atoms with van der Waals surface area (Å²) in [5.74, 6) is 0.708. The van der Waals surface area contributed by atoms with Crippen LogP contribution in [0.25, 0.3) is 22.1 Å². The van der Waals surface area contributed by atoms with Crippen molar-refractivity contribution in [2.75, 3.05) is 26.3 Å². The molecule has 0 aliphatic carbocycles. The van der Waals surface area contributed by atoms with Crippen LogP contribution in [-0.4, -0.2) is 55.8 Å². The number of likely N-dealkylation sites (tertiary alicyclic amines) is 1. The summed E-state index contributed by atoms with van der Waals surface area (Å²) in [4.78, 5) is 14.7. The molecule has 1 saturated heterocycles. The van der Waals surface area contributed by atoms with Crippen molar-refractivity contribution in [2.24, 2.45) is 0 Å². The summed E-state index contributed by atoms with van der Waals surface area (Å²) >= 11 is 0. The first kappa shape index (κ1) is 17.4. The molecule has 1 aliphatic heterocycles. The molecule has 7 heteroatoms. The summed E-state index contributed by atoms with van der Waals surface area (Å²) in [5, 5.41) is 11.3. The van der Waals surface area contributed by atoms with Crippen LogP contribution in [0.2, 0.25) is 0 Å². The van der Waals surface area contributed by atoms with Crippen LogP contribution in [0.15, 0.2) is 18.5 Å². The van der Waals surface area contributed by atoms with E-state index in [1.807, 2.05) is 12.3 Å². The number of aromatic nitrogens is 4. The highest BCUT2D eigenvalue weighted by Crippen LogP contribution is 2.33. The largest absolute Gasteiger partial charge is 0.385 e. The lowest BCUT2D eigenvalue weighted by Crippen LogP contribution is -2.23. The Labute approximate surface area is 152 Å². The minimum Gasteiger partial charge on any atom is -0.385 e. The van der Waals surface area contributed by atoms with Crippen LogP contribution in [0.3, 0.4) is 0 Å². The number of nitrogens with one attached hydrogen (secondary N) is 1. The summed E-state index contributed by atoms with van der Waals surface area (Å²) in [5.41, 5.74) is 2.72. The molecule has 26 heavy (non-hydrogen) atoms. The predicted octanol–water partition coefficient (Wildman–Crippen LogP) is 3.35. The third kappa shape index (κ3) is 3.10. The van der Waals surface area contributed by atoms with Crippen LogP contribution >= 0.6 is 0 Å². The topological polar surface area (TPSA) is 70.0 Å². The standard InChI is InChI=1S/C19H26FN5O/c1-13(26)19-23-16-11-22-18-15(5-8-21-18)17(16)25(19)14-6-10-24(12-14)9-4-2-3-7-20/h5,8,11,13-14,26H,2-4,6-7,9-10,12H2,1H3,(H,21,22)/t13?,14-/m0/s1. The minimum atomic E-state index is -0.630. The molecule has 140 valence electrons. The molecule has 1 unspecified atom stereocenters. The number of alkyl halides is 1. The fraction of sp³-hybridized carbons (Fsp3) is 0.579. The second-order valence-electron chi connectivity index (χ2n) is 7.24. The van der Waals surface area contributed by atoms with Crippen molar-refractivity contribution in [1.29, 1.82) is 0 Å². The number of pyridine rings is 1. The van der Waals surface area contributed by atoms with Gasteiger partial charge in [0.05, 0.1) is 18.4 Å². The summed E-state index contributed by atoms with van der Waals surface area (Å²) in [6.07, 6.45) is 6.71. The lowest BCUT2D eigenvalue weighted by Gasteiger charge is -2.20. The van der Waals surface area contributed by atoms with Crippen LogP contribution in [0.1, 0.15) is 50.6 Å². The van der Waals surface area contributed by atoms with E-state index in [1.54, 1.807) is 13.1 Å². The number of aliphatic hydroxyl groups excluding tert-OH is 1. The summed E-state index contributed by atoms with van der Waals surface area (Å²) < 4.78 is 14.5. The number of nitrogens with zero attached hydrogens (tertiary/aromatic N) is 4. The number of aromatic amines is 1. The molecule has 0 bridgehead atoms. The lowest BCUT2D eigenvalue weighted by molar-refractivity contribution is 0.181. The lowest BCUT2D eigenvalue weighted by atomic mass is 10.2. The van der Waals surface area contributed by atoms with Crippen molar-refractivity contribution in [3.8, 4) is 0 Å². The quantitative estimate of drug-likeness (QED) is 0.635. The van der Waals surface area contributed by atoms with Crippen LogP contribution < -0.4 is 0 Å². The first-order valence-corrected chi connectivity index (χ1v) is 9.49. The average molecular weight is 359 g/mol. The third-order valence-electron chi connectivity index (χ3n) is 5.36. The molecule has 2 N–H and O–H groups in total. The number of hydrogen-bond donors (Lipinski definition) is 2. The fourth-order valence-electron chi connectivity index (χ4n) is 4.11. The maximum absolute atomic E-state index is 12.3.